The first-order valence-electron chi connectivity index (χ1n) is 12.5. The van der Waals surface area contributed by atoms with Gasteiger partial charge >= 0.3 is 7.82 Å². The third-order valence-corrected chi connectivity index (χ3v) is 8.18. The zero-order valence-electron chi connectivity index (χ0n) is 20.8. The molecule has 4 rings (SSSR count). The Balaban J connectivity index is 1.23. The Morgan fingerprint density at radius 3 is 2.57 bits per heavy atom. The Hall–Kier alpha value is -1.55. The molecule has 3 N–H and O–H groups in total. The van der Waals surface area contributed by atoms with Crippen LogP contribution in [0.4, 0.5) is 11.4 Å². The van der Waals surface area contributed by atoms with Gasteiger partial charge in [0.15, 0.2) is 0 Å². The summed E-state index contributed by atoms with van der Waals surface area (Å²) in [7, 11) is -4.70. The number of aryl methyl sites for hydroxylation is 1. The van der Waals surface area contributed by atoms with Crippen LogP contribution < -0.4 is 14.5 Å². The van der Waals surface area contributed by atoms with Gasteiger partial charge in [-0.2, -0.15) is 0 Å². The molecule has 2 unspecified atom stereocenters. The molecule has 0 aliphatic carbocycles. The van der Waals surface area contributed by atoms with Gasteiger partial charge in [-0.3, -0.25) is 9.42 Å². The first-order valence-corrected chi connectivity index (χ1v) is 14.8. The van der Waals surface area contributed by atoms with Crippen LogP contribution in [0.1, 0.15) is 31.7 Å². The van der Waals surface area contributed by atoms with Crippen LogP contribution in [-0.4, -0.2) is 71.6 Å². The smallest absolute Gasteiger partial charge is 0.471 e. The number of phosphoric ester groups is 1. The van der Waals surface area contributed by atoms with E-state index < -0.39 is 20.3 Å². The summed E-state index contributed by atoms with van der Waals surface area (Å²) in [6.07, 6.45) is 1.09. The number of rotatable bonds is 10. The molecule has 37 heavy (non-hydrogen) atoms. The predicted octanol–water partition coefficient (Wildman–Crippen LogP) is 4.50. The highest BCUT2D eigenvalue weighted by molar-refractivity contribution is 7.46. The van der Waals surface area contributed by atoms with Crippen LogP contribution in [0.2, 0.25) is 10.0 Å². The quantitative estimate of drug-likeness (QED) is 0.280. The molecule has 0 aromatic heterocycles. The number of hydrogen-bond acceptors (Lipinski definition) is 7. The van der Waals surface area contributed by atoms with E-state index in [1.54, 1.807) is 12.1 Å². The fraction of sp³-hybridized carbons (Fsp3) is 0.520. The van der Waals surface area contributed by atoms with E-state index in [2.05, 4.69) is 9.80 Å². The molecule has 9 nitrogen and oxygen atoms in total. The maximum atomic E-state index is 11.3. The van der Waals surface area contributed by atoms with Crippen molar-refractivity contribution in [3.63, 3.8) is 0 Å². The monoisotopic (exact) mass is 573 g/mol. The number of unbranched alkanes of at least 4 members (excludes halogenated alkanes) is 1. The van der Waals surface area contributed by atoms with Crippen molar-refractivity contribution in [3.8, 4) is 5.75 Å². The molecule has 1 saturated heterocycles. The van der Waals surface area contributed by atoms with E-state index in [-0.39, 0.29) is 0 Å². The first kappa shape index (κ1) is 28.5. The number of halogens is 2. The third kappa shape index (κ3) is 7.52. The maximum Gasteiger partial charge on any atom is 0.471 e. The lowest BCUT2D eigenvalue weighted by atomic mass is 10.00. The summed E-state index contributed by atoms with van der Waals surface area (Å²) in [6.45, 7) is 6.77. The van der Waals surface area contributed by atoms with Crippen molar-refractivity contribution in [2.45, 2.75) is 45.1 Å². The van der Waals surface area contributed by atoms with E-state index in [0.29, 0.717) is 40.9 Å². The lowest BCUT2D eigenvalue weighted by molar-refractivity contribution is 0.0759. The fourth-order valence-electron chi connectivity index (χ4n) is 4.93. The van der Waals surface area contributed by atoms with Gasteiger partial charge in [0.2, 0.25) is 0 Å². The Kier molecular flexibility index (Phi) is 9.64. The molecule has 1 fully saturated rings. The van der Waals surface area contributed by atoms with Crippen LogP contribution in [0, 0.1) is 0 Å². The summed E-state index contributed by atoms with van der Waals surface area (Å²) in [5, 5.41) is 11.7. The number of aliphatic hydroxyl groups is 1. The van der Waals surface area contributed by atoms with Gasteiger partial charge < -0.3 is 29.4 Å². The van der Waals surface area contributed by atoms with Gasteiger partial charge in [0.25, 0.3) is 0 Å². The SMILES string of the molecule is CC(OP(=O)(O)O)N1c2cc(OCCCCN3CCN(c4cccc(Cl)c4Cl)CC3)ccc2CCC1O. The number of benzene rings is 2. The van der Waals surface area contributed by atoms with E-state index in [0.717, 1.165) is 56.8 Å². The second kappa shape index (κ2) is 12.5. The van der Waals surface area contributed by atoms with E-state index in [9.17, 15) is 19.5 Å². The topological polar surface area (TPSA) is 106 Å². The molecule has 2 aromatic carbocycles. The van der Waals surface area contributed by atoms with Gasteiger partial charge in [0, 0.05) is 37.9 Å². The molecule has 204 valence electrons. The zero-order chi connectivity index (χ0) is 26.6. The minimum atomic E-state index is -4.70. The van der Waals surface area contributed by atoms with Gasteiger partial charge in [-0.15, -0.1) is 0 Å². The molecule has 2 aliphatic heterocycles. The number of anilines is 2. The lowest BCUT2D eigenvalue weighted by Crippen LogP contribution is -2.46. The molecule has 0 bridgehead atoms. The third-order valence-electron chi connectivity index (χ3n) is 6.79. The van der Waals surface area contributed by atoms with Crippen LogP contribution in [0.15, 0.2) is 36.4 Å². The Morgan fingerprint density at radius 2 is 1.84 bits per heavy atom. The van der Waals surface area contributed by atoms with Gasteiger partial charge in [-0.1, -0.05) is 35.3 Å². The summed E-state index contributed by atoms with van der Waals surface area (Å²) < 4.78 is 22.1. The van der Waals surface area contributed by atoms with Gasteiger partial charge in [-0.25, -0.2) is 4.57 Å². The maximum absolute atomic E-state index is 11.3. The second-order valence-electron chi connectivity index (χ2n) is 9.37. The van der Waals surface area contributed by atoms with Gasteiger partial charge in [-0.05, 0) is 62.9 Å². The Labute approximate surface area is 227 Å². The van der Waals surface area contributed by atoms with Crippen molar-refractivity contribution >= 4 is 42.4 Å². The van der Waals surface area contributed by atoms with Crippen molar-refractivity contribution in [3.05, 3.63) is 52.0 Å². The molecule has 2 aliphatic rings. The Bertz CT molecular complexity index is 1110. The van der Waals surface area contributed by atoms with E-state index in [1.807, 2.05) is 24.3 Å². The van der Waals surface area contributed by atoms with Crippen molar-refractivity contribution < 1.29 is 28.7 Å². The molecule has 2 heterocycles. The van der Waals surface area contributed by atoms with Crippen LogP contribution in [0.3, 0.4) is 0 Å². The first-order chi connectivity index (χ1) is 17.6. The molecular weight excluding hydrogens is 540 g/mol. The largest absolute Gasteiger partial charge is 0.494 e. The molecule has 0 radical (unpaired) electrons. The molecule has 2 atom stereocenters. The molecule has 2 aromatic rings. The number of phosphoric acid groups is 1. The van der Waals surface area contributed by atoms with Crippen molar-refractivity contribution in [2.75, 3.05) is 49.1 Å². The van der Waals surface area contributed by atoms with E-state index >= 15 is 0 Å². The summed E-state index contributed by atoms with van der Waals surface area (Å²) in [4.78, 5) is 24.6. The number of aliphatic hydroxyl groups excluding tert-OH is 1. The van der Waals surface area contributed by atoms with E-state index in [1.165, 1.54) is 11.8 Å². The summed E-state index contributed by atoms with van der Waals surface area (Å²) >= 11 is 12.5. The fourth-order valence-corrected chi connectivity index (χ4v) is 5.85. The van der Waals surface area contributed by atoms with Crippen LogP contribution in [-0.2, 0) is 15.5 Å². The van der Waals surface area contributed by atoms with Crippen molar-refractivity contribution in [1.82, 2.24) is 4.90 Å². The number of piperazine rings is 1. The predicted molar refractivity (Wildman–Crippen MR) is 146 cm³/mol. The van der Waals surface area contributed by atoms with E-state index in [4.69, 9.17) is 32.5 Å². The van der Waals surface area contributed by atoms with Gasteiger partial charge in [0.1, 0.15) is 18.2 Å². The number of nitrogens with zero attached hydrogens (tertiary/aromatic N) is 3. The molecule has 12 heteroatoms. The highest BCUT2D eigenvalue weighted by atomic mass is 35.5. The summed E-state index contributed by atoms with van der Waals surface area (Å²) in [6, 6.07) is 11.4. The second-order valence-corrected chi connectivity index (χ2v) is 11.3. The normalized spacial score (nSPS) is 19.6. The Morgan fingerprint density at radius 1 is 1.08 bits per heavy atom. The molecular formula is C25H34Cl2N3O6P. The lowest BCUT2D eigenvalue weighted by Gasteiger charge is -2.39. The molecule has 0 amide bonds. The number of ether oxygens (including phenoxy) is 1. The average Bonchev–Trinajstić information content (AvgIpc) is 2.84. The zero-order valence-corrected chi connectivity index (χ0v) is 23.2. The summed E-state index contributed by atoms with van der Waals surface area (Å²) in [5.41, 5.74) is 2.62. The minimum absolute atomic E-state index is 0.447. The number of hydrogen-bond donors (Lipinski definition) is 3. The number of fused-ring (bicyclic) bond motifs is 1. The van der Waals surface area contributed by atoms with Crippen molar-refractivity contribution in [2.24, 2.45) is 0 Å². The van der Waals surface area contributed by atoms with Crippen LogP contribution >= 0.6 is 31.0 Å². The van der Waals surface area contributed by atoms with Crippen molar-refractivity contribution in [1.29, 1.82) is 0 Å². The highest BCUT2D eigenvalue weighted by Gasteiger charge is 2.32. The van der Waals surface area contributed by atoms with Gasteiger partial charge in [0.05, 0.1) is 22.3 Å². The van der Waals surface area contributed by atoms with Crippen LogP contribution in [0.25, 0.3) is 0 Å². The molecule has 0 spiro atoms. The van der Waals surface area contributed by atoms with Crippen LogP contribution in [0.5, 0.6) is 5.75 Å². The molecule has 0 saturated carbocycles. The average molecular weight is 574 g/mol. The highest BCUT2D eigenvalue weighted by Crippen LogP contribution is 2.42. The minimum Gasteiger partial charge on any atom is -0.494 e. The summed E-state index contributed by atoms with van der Waals surface area (Å²) in [5.74, 6) is 0.647. The standard InChI is InChI=1S/C25H34Cl2N3O6P/c1-18(36-37(32,33)34)30-23-17-20(9-7-19(23)8-10-24(30)31)35-16-3-2-11-28-12-14-29(15-13-28)22-6-4-5-21(26)25(22)27/h4-7,9,17-18,24,31H,2-3,8,10-16H2,1H3,(H2,32,33,34).